The van der Waals surface area contributed by atoms with Crippen molar-refractivity contribution in [1.82, 2.24) is 9.80 Å². The van der Waals surface area contributed by atoms with Gasteiger partial charge >= 0.3 is 5.97 Å². The van der Waals surface area contributed by atoms with Crippen LogP contribution < -0.4 is 0 Å². The average molecular weight is 367 g/mol. The van der Waals surface area contributed by atoms with E-state index >= 15 is 0 Å². The smallest absolute Gasteiger partial charge is 0.307 e. The summed E-state index contributed by atoms with van der Waals surface area (Å²) in [4.78, 5) is 16.8. The molecule has 2 aliphatic heterocycles. The van der Waals surface area contributed by atoms with Crippen LogP contribution >= 0.6 is 0 Å². The Kier molecular flexibility index (Phi) is 10.6. The van der Waals surface area contributed by atoms with Crippen molar-refractivity contribution in [2.24, 2.45) is 11.8 Å². The highest BCUT2D eigenvalue weighted by Gasteiger charge is 2.28. The van der Waals surface area contributed by atoms with E-state index in [1.807, 2.05) is 0 Å². The quantitative estimate of drug-likeness (QED) is 0.402. The average Bonchev–Trinajstić information content (AvgIpc) is 2.67. The van der Waals surface area contributed by atoms with E-state index in [9.17, 15) is 4.79 Å². The van der Waals surface area contributed by atoms with Gasteiger partial charge in [-0.3, -0.25) is 4.79 Å². The summed E-state index contributed by atoms with van der Waals surface area (Å²) in [5.74, 6) is 1.85. The highest BCUT2D eigenvalue weighted by Crippen LogP contribution is 2.32. The highest BCUT2D eigenvalue weighted by molar-refractivity contribution is 5.69. The molecule has 0 spiro atoms. The molecular formula is C22H42N2O2. The summed E-state index contributed by atoms with van der Waals surface area (Å²) in [6.07, 6.45) is 13.4. The van der Waals surface area contributed by atoms with Crippen molar-refractivity contribution < 1.29 is 9.53 Å². The van der Waals surface area contributed by atoms with Gasteiger partial charge in [-0.15, -0.1) is 0 Å². The van der Waals surface area contributed by atoms with Crippen LogP contribution in [0.15, 0.2) is 0 Å². The molecule has 0 aromatic heterocycles. The number of unbranched alkanes of at least 4 members (excludes halogenated alkanes) is 5. The minimum absolute atomic E-state index is 0.00370. The molecule has 0 aliphatic carbocycles. The van der Waals surface area contributed by atoms with Crippen LogP contribution in [0.3, 0.4) is 0 Å². The first-order valence-corrected chi connectivity index (χ1v) is 11.3. The number of rotatable bonds is 11. The van der Waals surface area contributed by atoms with Gasteiger partial charge in [-0.1, -0.05) is 39.0 Å². The second kappa shape index (κ2) is 12.7. The monoisotopic (exact) mass is 366 g/mol. The fourth-order valence-electron chi connectivity index (χ4n) is 4.54. The molecule has 0 unspecified atom stereocenters. The molecule has 2 fully saturated rings. The fourth-order valence-corrected chi connectivity index (χ4v) is 4.54. The van der Waals surface area contributed by atoms with E-state index in [1.54, 1.807) is 0 Å². The van der Waals surface area contributed by atoms with Gasteiger partial charge in [0.2, 0.25) is 0 Å². The lowest BCUT2D eigenvalue weighted by molar-refractivity contribution is -0.144. The number of carbonyl (C=O) groups is 1. The Morgan fingerprint density at radius 2 is 1.46 bits per heavy atom. The number of hydrogen-bond donors (Lipinski definition) is 0. The van der Waals surface area contributed by atoms with Crippen molar-refractivity contribution in [3.8, 4) is 0 Å². The van der Waals surface area contributed by atoms with Gasteiger partial charge < -0.3 is 14.5 Å². The highest BCUT2D eigenvalue weighted by atomic mass is 16.5. The maximum Gasteiger partial charge on any atom is 0.307 e. The Balaban J connectivity index is 1.47. The molecule has 0 aromatic carbocycles. The van der Waals surface area contributed by atoms with Crippen molar-refractivity contribution in [2.75, 3.05) is 46.4 Å². The first-order chi connectivity index (χ1) is 12.7. The number of hydrogen-bond acceptors (Lipinski definition) is 4. The third-order valence-corrected chi connectivity index (χ3v) is 6.46. The Hall–Kier alpha value is -0.610. The number of esters is 1. The topological polar surface area (TPSA) is 32.8 Å². The number of ether oxygens (including phenoxy) is 1. The molecule has 0 atom stereocenters. The van der Waals surface area contributed by atoms with E-state index in [1.165, 1.54) is 84.0 Å². The predicted molar refractivity (Wildman–Crippen MR) is 108 cm³/mol. The Labute approximate surface area is 161 Å². The molecular weight excluding hydrogens is 324 g/mol. The standard InChI is InChI=1S/C22H42N2O2/c1-3-4-5-6-7-8-19-26-22(25)13-18-24-16-11-21(12-17-24)20-9-14-23(2)15-10-20/h20-21H,3-19H2,1-2H3. The van der Waals surface area contributed by atoms with E-state index in [-0.39, 0.29) is 5.97 Å². The van der Waals surface area contributed by atoms with Gasteiger partial charge in [-0.05, 0) is 77.2 Å². The van der Waals surface area contributed by atoms with Crippen molar-refractivity contribution in [2.45, 2.75) is 77.6 Å². The largest absolute Gasteiger partial charge is 0.466 e. The molecule has 0 N–H and O–H groups in total. The Morgan fingerprint density at radius 3 is 2.12 bits per heavy atom. The summed E-state index contributed by atoms with van der Waals surface area (Å²) in [5, 5.41) is 0. The van der Waals surface area contributed by atoms with Crippen molar-refractivity contribution in [1.29, 1.82) is 0 Å². The van der Waals surface area contributed by atoms with Gasteiger partial charge in [0, 0.05) is 6.54 Å². The minimum atomic E-state index is -0.00370. The second-order valence-corrected chi connectivity index (χ2v) is 8.56. The van der Waals surface area contributed by atoms with Gasteiger partial charge in [0.1, 0.15) is 0 Å². The number of piperidine rings is 2. The number of carbonyl (C=O) groups excluding carboxylic acids is 1. The van der Waals surface area contributed by atoms with E-state index in [4.69, 9.17) is 4.74 Å². The van der Waals surface area contributed by atoms with Gasteiger partial charge in [-0.2, -0.15) is 0 Å². The Bertz CT molecular complexity index is 372. The van der Waals surface area contributed by atoms with E-state index in [0.717, 1.165) is 24.8 Å². The molecule has 0 aromatic rings. The zero-order chi connectivity index (χ0) is 18.6. The third-order valence-electron chi connectivity index (χ3n) is 6.46. The normalized spacial score (nSPS) is 21.2. The first kappa shape index (κ1) is 21.7. The van der Waals surface area contributed by atoms with Crippen molar-refractivity contribution in [3.63, 3.8) is 0 Å². The van der Waals surface area contributed by atoms with Crippen LogP contribution in [0.2, 0.25) is 0 Å². The van der Waals surface area contributed by atoms with Crippen LogP contribution in [0.5, 0.6) is 0 Å². The molecule has 4 nitrogen and oxygen atoms in total. The van der Waals surface area contributed by atoms with Crippen molar-refractivity contribution in [3.05, 3.63) is 0 Å². The molecule has 0 amide bonds. The number of nitrogens with zero attached hydrogens (tertiary/aromatic N) is 2. The lowest BCUT2D eigenvalue weighted by atomic mass is 9.79. The van der Waals surface area contributed by atoms with Crippen LogP contribution in [0.25, 0.3) is 0 Å². The van der Waals surface area contributed by atoms with Gasteiger partial charge in [0.05, 0.1) is 13.0 Å². The summed E-state index contributed by atoms with van der Waals surface area (Å²) >= 11 is 0. The van der Waals surface area contributed by atoms with Crippen LogP contribution in [0.1, 0.15) is 77.6 Å². The molecule has 0 saturated carbocycles. The minimum Gasteiger partial charge on any atom is -0.466 e. The second-order valence-electron chi connectivity index (χ2n) is 8.56. The lowest BCUT2D eigenvalue weighted by Crippen LogP contribution is -2.40. The summed E-state index contributed by atoms with van der Waals surface area (Å²) in [5.41, 5.74) is 0. The van der Waals surface area contributed by atoms with E-state index in [0.29, 0.717) is 13.0 Å². The fraction of sp³-hybridized carbons (Fsp3) is 0.955. The predicted octanol–water partition coefficient (Wildman–Crippen LogP) is 4.33. The van der Waals surface area contributed by atoms with Gasteiger partial charge in [-0.25, -0.2) is 0 Å². The summed E-state index contributed by atoms with van der Waals surface area (Å²) in [6, 6.07) is 0. The molecule has 2 rings (SSSR count). The van der Waals surface area contributed by atoms with Crippen LogP contribution in [0, 0.1) is 11.8 Å². The van der Waals surface area contributed by atoms with Crippen molar-refractivity contribution >= 4 is 5.97 Å². The summed E-state index contributed by atoms with van der Waals surface area (Å²) in [6.45, 7) is 8.62. The third kappa shape index (κ3) is 8.39. The molecule has 4 heteroatoms. The molecule has 2 saturated heterocycles. The maximum atomic E-state index is 11.9. The maximum absolute atomic E-state index is 11.9. The zero-order valence-corrected chi connectivity index (χ0v) is 17.4. The molecule has 0 radical (unpaired) electrons. The number of likely N-dealkylation sites (tertiary alicyclic amines) is 2. The first-order valence-electron chi connectivity index (χ1n) is 11.3. The SMILES string of the molecule is CCCCCCCCOC(=O)CCN1CCC(C2CCN(C)CC2)CC1. The summed E-state index contributed by atoms with van der Waals surface area (Å²) in [7, 11) is 2.24. The molecule has 2 aliphatic rings. The van der Waals surface area contributed by atoms with Gasteiger partial charge in [0.15, 0.2) is 0 Å². The van der Waals surface area contributed by atoms with Crippen LogP contribution in [0.4, 0.5) is 0 Å². The molecule has 152 valence electrons. The Morgan fingerprint density at radius 1 is 0.885 bits per heavy atom. The van der Waals surface area contributed by atoms with Crippen LogP contribution in [-0.2, 0) is 9.53 Å². The molecule has 0 bridgehead atoms. The lowest BCUT2D eigenvalue weighted by Gasteiger charge is -2.39. The zero-order valence-electron chi connectivity index (χ0n) is 17.4. The van der Waals surface area contributed by atoms with E-state index in [2.05, 4.69) is 23.8 Å². The van der Waals surface area contributed by atoms with E-state index < -0.39 is 0 Å². The summed E-state index contributed by atoms with van der Waals surface area (Å²) < 4.78 is 5.40. The van der Waals surface area contributed by atoms with Gasteiger partial charge in [0.25, 0.3) is 0 Å². The van der Waals surface area contributed by atoms with Crippen LogP contribution in [-0.4, -0.2) is 62.1 Å². The molecule has 26 heavy (non-hydrogen) atoms. The molecule has 2 heterocycles.